The summed E-state index contributed by atoms with van der Waals surface area (Å²) in [5.41, 5.74) is 0. The molecule has 1 heterocycles. The molecule has 1 rings (SSSR count). The molecule has 0 spiro atoms. The van der Waals surface area contributed by atoms with Gasteiger partial charge < -0.3 is 9.84 Å². The third-order valence-corrected chi connectivity index (χ3v) is 3.16. The highest BCUT2D eigenvalue weighted by molar-refractivity contribution is 5.70. The van der Waals surface area contributed by atoms with Crippen molar-refractivity contribution in [3.8, 4) is 0 Å². The summed E-state index contributed by atoms with van der Waals surface area (Å²) in [5, 5.41) is 8.96. The molecule has 0 amide bonds. The molecule has 1 saturated heterocycles. The zero-order chi connectivity index (χ0) is 11.4. The van der Waals surface area contributed by atoms with Crippen LogP contribution in [0.5, 0.6) is 0 Å². The number of carboxylic acid groups (broad SMARTS) is 1. The maximum absolute atomic E-state index is 10.9. The molecular weight excluding hydrogens is 194 g/mol. The Kier molecular flexibility index (Phi) is 4.54. The first kappa shape index (κ1) is 12.5. The molecule has 0 bridgehead atoms. The van der Waals surface area contributed by atoms with E-state index in [4.69, 9.17) is 9.84 Å². The van der Waals surface area contributed by atoms with Gasteiger partial charge in [0, 0.05) is 19.1 Å². The van der Waals surface area contributed by atoms with Crippen molar-refractivity contribution >= 4 is 5.97 Å². The lowest BCUT2D eigenvalue weighted by Crippen LogP contribution is -2.43. The SMILES string of the molecule is CC1COCCN(C(C)C(C)C(=O)O)C1. The monoisotopic (exact) mass is 215 g/mol. The lowest BCUT2D eigenvalue weighted by Gasteiger charge is -2.31. The maximum atomic E-state index is 10.9. The van der Waals surface area contributed by atoms with Crippen molar-refractivity contribution in [2.45, 2.75) is 26.8 Å². The second-order valence-corrected chi connectivity index (χ2v) is 4.54. The minimum atomic E-state index is -0.722. The standard InChI is InChI=1S/C11H21NO3/c1-8-6-12(4-5-15-7-8)10(3)9(2)11(13)14/h8-10H,4-7H2,1-3H3,(H,13,14). The first-order valence-electron chi connectivity index (χ1n) is 5.57. The minimum absolute atomic E-state index is 0.0756. The van der Waals surface area contributed by atoms with Crippen LogP contribution < -0.4 is 0 Å². The van der Waals surface area contributed by atoms with Gasteiger partial charge in [-0.2, -0.15) is 0 Å². The normalized spacial score (nSPS) is 28.1. The lowest BCUT2D eigenvalue weighted by atomic mass is 10.0. The molecule has 0 aromatic carbocycles. The van der Waals surface area contributed by atoms with Crippen molar-refractivity contribution in [3.63, 3.8) is 0 Å². The van der Waals surface area contributed by atoms with Gasteiger partial charge in [-0.15, -0.1) is 0 Å². The second-order valence-electron chi connectivity index (χ2n) is 4.54. The molecular formula is C11H21NO3. The van der Waals surface area contributed by atoms with E-state index in [2.05, 4.69) is 11.8 Å². The Morgan fingerprint density at radius 2 is 2.20 bits per heavy atom. The number of hydrogen-bond donors (Lipinski definition) is 1. The quantitative estimate of drug-likeness (QED) is 0.765. The molecule has 3 unspecified atom stereocenters. The van der Waals surface area contributed by atoms with Crippen molar-refractivity contribution in [1.82, 2.24) is 4.90 Å². The molecule has 88 valence electrons. The van der Waals surface area contributed by atoms with E-state index < -0.39 is 5.97 Å². The average molecular weight is 215 g/mol. The molecule has 0 aromatic heterocycles. The molecule has 1 N–H and O–H groups in total. The number of carbonyl (C=O) groups is 1. The number of nitrogens with zero attached hydrogens (tertiary/aromatic N) is 1. The van der Waals surface area contributed by atoms with Gasteiger partial charge in [0.2, 0.25) is 0 Å². The fraction of sp³-hybridized carbons (Fsp3) is 0.909. The summed E-state index contributed by atoms with van der Waals surface area (Å²) in [6, 6.07) is 0.0756. The smallest absolute Gasteiger partial charge is 0.307 e. The minimum Gasteiger partial charge on any atom is -0.481 e. The lowest BCUT2D eigenvalue weighted by molar-refractivity contribution is -0.143. The Labute approximate surface area is 91.2 Å². The van der Waals surface area contributed by atoms with E-state index in [-0.39, 0.29) is 12.0 Å². The summed E-state index contributed by atoms with van der Waals surface area (Å²) in [6.07, 6.45) is 0. The predicted molar refractivity (Wildman–Crippen MR) is 57.8 cm³/mol. The van der Waals surface area contributed by atoms with Crippen LogP contribution in [-0.4, -0.2) is 48.3 Å². The number of ether oxygens (including phenoxy) is 1. The topological polar surface area (TPSA) is 49.8 Å². The van der Waals surface area contributed by atoms with E-state index in [9.17, 15) is 4.79 Å². The van der Waals surface area contributed by atoms with Gasteiger partial charge in [0.1, 0.15) is 0 Å². The van der Waals surface area contributed by atoms with Crippen molar-refractivity contribution in [1.29, 1.82) is 0 Å². The second kappa shape index (κ2) is 5.47. The van der Waals surface area contributed by atoms with Gasteiger partial charge in [-0.3, -0.25) is 9.69 Å². The average Bonchev–Trinajstić information content (AvgIpc) is 2.40. The molecule has 0 aliphatic carbocycles. The zero-order valence-corrected chi connectivity index (χ0v) is 9.77. The molecule has 0 saturated carbocycles. The van der Waals surface area contributed by atoms with Gasteiger partial charge in [-0.05, 0) is 12.8 Å². The van der Waals surface area contributed by atoms with Crippen LogP contribution in [0.2, 0.25) is 0 Å². The molecule has 4 nitrogen and oxygen atoms in total. The Bertz CT molecular complexity index is 220. The number of rotatable bonds is 3. The van der Waals surface area contributed by atoms with Crippen molar-refractivity contribution in [3.05, 3.63) is 0 Å². The van der Waals surface area contributed by atoms with Crippen LogP contribution in [0, 0.1) is 11.8 Å². The van der Waals surface area contributed by atoms with Crippen LogP contribution in [-0.2, 0) is 9.53 Å². The molecule has 1 fully saturated rings. The summed E-state index contributed by atoms with van der Waals surface area (Å²) in [6.45, 7) is 9.14. The fourth-order valence-corrected chi connectivity index (χ4v) is 1.90. The highest BCUT2D eigenvalue weighted by Crippen LogP contribution is 2.15. The van der Waals surface area contributed by atoms with Crippen LogP contribution in [0.15, 0.2) is 0 Å². The zero-order valence-electron chi connectivity index (χ0n) is 9.77. The van der Waals surface area contributed by atoms with Gasteiger partial charge in [0.25, 0.3) is 0 Å². The van der Waals surface area contributed by atoms with Gasteiger partial charge in [0.05, 0.1) is 19.1 Å². The van der Waals surface area contributed by atoms with E-state index in [1.54, 1.807) is 6.92 Å². The van der Waals surface area contributed by atoms with Gasteiger partial charge in [-0.1, -0.05) is 13.8 Å². The molecule has 3 atom stereocenters. The molecule has 4 heteroatoms. The Morgan fingerprint density at radius 3 is 2.80 bits per heavy atom. The van der Waals surface area contributed by atoms with Crippen LogP contribution in [0.4, 0.5) is 0 Å². The van der Waals surface area contributed by atoms with Crippen LogP contribution in [0.1, 0.15) is 20.8 Å². The van der Waals surface area contributed by atoms with E-state index >= 15 is 0 Å². The first-order chi connectivity index (χ1) is 7.02. The van der Waals surface area contributed by atoms with Crippen molar-refractivity contribution in [2.75, 3.05) is 26.3 Å². The Morgan fingerprint density at radius 1 is 1.53 bits per heavy atom. The van der Waals surface area contributed by atoms with E-state index in [1.165, 1.54) is 0 Å². The van der Waals surface area contributed by atoms with Gasteiger partial charge in [0.15, 0.2) is 0 Å². The van der Waals surface area contributed by atoms with Crippen molar-refractivity contribution in [2.24, 2.45) is 11.8 Å². The van der Waals surface area contributed by atoms with E-state index in [0.717, 1.165) is 19.7 Å². The van der Waals surface area contributed by atoms with E-state index in [1.807, 2.05) is 6.92 Å². The summed E-state index contributed by atoms with van der Waals surface area (Å²) in [4.78, 5) is 13.1. The Balaban J connectivity index is 2.56. The third kappa shape index (κ3) is 3.47. The van der Waals surface area contributed by atoms with Gasteiger partial charge >= 0.3 is 5.97 Å². The third-order valence-electron chi connectivity index (χ3n) is 3.16. The molecule has 0 radical (unpaired) electrons. The van der Waals surface area contributed by atoms with Gasteiger partial charge in [-0.25, -0.2) is 0 Å². The molecule has 1 aliphatic heterocycles. The largest absolute Gasteiger partial charge is 0.481 e. The summed E-state index contributed by atoms with van der Waals surface area (Å²) in [7, 11) is 0. The molecule has 15 heavy (non-hydrogen) atoms. The van der Waals surface area contributed by atoms with Crippen molar-refractivity contribution < 1.29 is 14.6 Å². The highest BCUT2D eigenvalue weighted by Gasteiger charge is 2.27. The summed E-state index contributed by atoms with van der Waals surface area (Å²) < 4.78 is 5.44. The summed E-state index contributed by atoms with van der Waals surface area (Å²) in [5.74, 6) is -0.563. The molecule has 0 aromatic rings. The highest BCUT2D eigenvalue weighted by atomic mass is 16.5. The first-order valence-corrected chi connectivity index (χ1v) is 5.57. The van der Waals surface area contributed by atoms with Crippen LogP contribution in [0.3, 0.4) is 0 Å². The fourth-order valence-electron chi connectivity index (χ4n) is 1.90. The van der Waals surface area contributed by atoms with Crippen LogP contribution in [0.25, 0.3) is 0 Å². The number of aliphatic carboxylic acids is 1. The summed E-state index contributed by atoms with van der Waals surface area (Å²) >= 11 is 0. The predicted octanol–water partition coefficient (Wildman–Crippen LogP) is 1.06. The van der Waals surface area contributed by atoms with Crippen LogP contribution >= 0.6 is 0 Å². The Hall–Kier alpha value is -0.610. The number of hydrogen-bond acceptors (Lipinski definition) is 3. The molecule has 1 aliphatic rings. The number of carboxylic acids is 1. The van der Waals surface area contributed by atoms with E-state index in [0.29, 0.717) is 12.5 Å². The maximum Gasteiger partial charge on any atom is 0.307 e.